The monoisotopic (exact) mass is 358 g/mol. The van der Waals surface area contributed by atoms with Gasteiger partial charge in [-0.1, -0.05) is 11.6 Å². The molecule has 5 nitrogen and oxygen atoms in total. The first-order valence-corrected chi connectivity index (χ1v) is 6.96. The summed E-state index contributed by atoms with van der Waals surface area (Å²) >= 11 is 9.08. The molecular formula is C13H12BrClN2O3. The van der Waals surface area contributed by atoms with Gasteiger partial charge in [0.1, 0.15) is 18.1 Å². The van der Waals surface area contributed by atoms with E-state index < -0.39 is 5.97 Å². The molecule has 1 heterocycles. The number of methoxy groups -OCH3 is 1. The van der Waals surface area contributed by atoms with Gasteiger partial charge in [0.25, 0.3) is 0 Å². The van der Waals surface area contributed by atoms with Crippen LogP contribution in [0.3, 0.4) is 0 Å². The number of hydrogen-bond donors (Lipinski definition) is 0. The lowest BCUT2D eigenvalue weighted by atomic mass is 10.3. The Labute approximate surface area is 129 Å². The average molecular weight is 360 g/mol. The van der Waals surface area contributed by atoms with Crippen LogP contribution in [0, 0.1) is 0 Å². The Bertz CT molecular complexity index is 598. The van der Waals surface area contributed by atoms with Gasteiger partial charge < -0.3 is 14.0 Å². The summed E-state index contributed by atoms with van der Waals surface area (Å²) in [5, 5.41) is 0.655. The van der Waals surface area contributed by atoms with Gasteiger partial charge in [0.15, 0.2) is 4.73 Å². The molecule has 0 radical (unpaired) electrons. The Hall–Kier alpha value is -1.53. The molecule has 0 saturated carbocycles. The lowest BCUT2D eigenvalue weighted by Crippen LogP contribution is -2.15. The second-order valence-electron chi connectivity index (χ2n) is 3.86. The van der Waals surface area contributed by atoms with Gasteiger partial charge in [-0.25, -0.2) is 9.78 Å². The number of ether oxygens (including phenoxy) is 2. The van der Waals surface area contributed by atoms with Crippen molar-refractivity contribution in [1.82, 2.24) is 9.55 Å². The number of hydrogen-bond acceptors (Lipinski definition) is 4. The molecule has 0 spiro atoms. The van der Waals surface area contributed by atoms with E-state index in [1.165, 1.54) is 13.3 Å². The zero-order valence-corrected chi connectivity index (χ0v) is 13.0. The van der Waals surface area contributed by atoms with E-state index in [9.17, 15) is 4.79 Å². The summed E-state index contributed by atoms with van der Waals surface area (Å²) in [5.74, 6) is 0.278. The highest BCUT2D eigenvalue weighted by Gasteiger charge is 2.15. The van der Waals surface area contributed by atoms with Crippen LogP contribution >= 0.6 is 27.5 Å². The van der Waals surface area contributed by atoms with Gasteiger partial charge >= 0.3 is 5.97 Å². The fraction of sp³-hybridized carbons (Fsp3) is 0.231. The van der Waals surface area contributed by atoms with Crippen LogP contribution < -0.4 is 4.74 Å². The van der Waals surface area contributed by atoms with Gasteiger partial charge in [0, 0.05) is 5.02 Å². The molecule has 0 N–H and O–H groups in total. The minimum absolute atomic E-state index is 0.374. The van der Waals surface area contributed by atoms with Crippen molar-refractivity contribution in [2.75, 3.05) is 13.7 Å². The standard InChI is InChI=1S/C13H12BrClN2O3/c1-19-12(18)11-8-16-13(14)17(11)6-7-20-10-4-2-9(15)3-5-10/h2-5,8H,6-7H2,1H3. The summed E-state index contributed by atoms with van der Waals surface area (Å²) in [6, 6.07) is 7.08. The van der Waals surface area contributed by atoms with E-state index in [1.54, 1.807) is 28.8 Å². The number of imidazole rings is 1. The summed E-state index contributed by atoms with van der Waals surface area (Å²) < 4.78 is 12.5. The number of esters is 1. The van der Waals surface area contributed by atoms with Crippen molar-refractivity contribution >= 4 is 33.5 Å². The van der Waals surface area contributed by atoms with E-state index >= 15 is 0 Å². The largest absolute Gasteiger partial charge is 0.492 e. The molecule has 20 heavy (non-hydrogen) atoms. The van der Waals surface area contributed by atoms with Crippen LogP contribution in [0.15, 0.2) is 35.2 Å². The third-order valence-electron chi connectivity index (χ3n) is 2.60. The zero-order valence-electron chi connectivity index (χ0n) is 10.7. The first kappa shape index (κ1) is 14.9. The predicted molar refractivity (Wildman–Crippen MR) is 78.2 cm³/mol. The van der Waals surface area contributed by atoms with Gasteiger partial charge in [-0.2, -0.15) is 0 Å². The Morgan fingerprint density at radius 3 is 2.75 bits per heavy atom. The average Bonchev–Trinajstić information content (AvgIpc) is 2.82. The summed E-state index contributed by atoms with van der Waals surface area (Å²) in [4.78, 5) is 15.6. The summed E-state index contributed by atoms with van der Waals surface area (Å²) in [5.41, 5.74) is 0.374. The third kappa shape index (κ3) is 3.52. The number of aromatic nitrogens is 2. The second kappa shape index (κ2) is 6.76. The van der Waals surface area contributed by atoms with Crippen molar-refractivity contribution < 1.29 is 14.3 Å². The molecule has 0 aliphatic heterocycles. The van der Waals surface area contributed by atoms with E-state index in [4.69, 9.17) is 21.1 Å². The fourth-order valence-electron chi connectivity index (χ4n) is 1.62. The van der Waals surface area contributed by atoms with Crippen molar-refractivity contribution in [3.05, 3.63) is 45.9 Å². The Balaban J connectivity index is 1.99. The number of benzene rings is 1. The van der Waals surface area contributed by atoms with Gasteiger partial charge in [0.05, 0.1) is 19.9 Å². The van der Waals surface area contributed by atoms with Gasteiger partial charge in [-0.3, -0.25) is 0 Å². The van der Waals surface area contributed by atoms with Gasteiger partial charge in [-0.05, 0) is 40.2 Å². The smallest absolute Gasteiger partial charge is 0.356 e. The van der Waals surface area contributed by atoms with Crippen molar-refractivity contribution in [2.24, 2.45) is 0 Å². The van der Waals surface area contributed by atoms with Crippen LogP contribution in [0.5, 0.6) is 5.75 Å². The number of carbonyl (C=O) groups excluding carboxylic acids is 1. The molecule has 0 amide bonds. The lowest BCUT2D eigenvalue weighted by Gasteiger charge is -2.10. The molecule has 0 saturated heterocycles. The van der Waals surface area contributed by atoms with E-state index in [2.05, 4.69) is 20.9 Å². The third-order valence-corrected chi connectivity index (χ3v) is 3.48. The normalized spacial score (nSPS) is 10.3. The van der Waals surface area contributed by atoms with Gasteiger partial charge in [0.2, 0.25) is 0 Å². The Morgan fingerprint density at radius 2 is 2.10 bits per heavy atom. The second-order valence-corrected chi connectivity index (χ2v) is 5.00. The van der Waals surface area contributed by atoms with Crippen molar-refractivity contribution in [3.63, 3.8) is 0 Å². The molecular weight excluding hydrogens is 348 g/mol. The molecule has 0 bridgehead atoms. The quantitative estimate of drug-likeness (QED) is 0.770. The topological polar surface area (TPSA) is 53.3 Å². The first-order valence-electron chi connectivity index (χ1n) is 5.79. The van der Waals surface area contributed by atoms with E-state index in [-0.39, 0.29) is 0 Å². The summed E-state index contributed by atoms with van der Waals surface area (Å²) in [7, 11) is 1.33. The molecule has 1 aromatic carbocycles. The lowest BCUT2D eigenvalue weighted by molar-refractivity contribution is 0.0587. The first-order chi connectivity index (χ1) is 9.61. The van der Waals surface area contributed by atoms with Crippen molar-refractivity contribution in [1.29, 1.82) is 0 Å². The van der Waals surface area contributed by atoms with Gasteiger partial charge in [-0.15, -0.1) is 0 Å². The van der Waals surface area contributed by atoms with Crippen LogP contribution in [-0.4, -0.2) is 29.2 Å². The van der Waals surface area contributed by atoms with Crippen LogP contribution in [-0.2, 0) is 11.3 Å². The van der Waals surface area contributed by atoms with Crippen LogP contribution in [0.4, 0.5) is 0 Å². The van der Waals surface area contributed by atoms with E-state index in [0.29, 0.717) is 34.4 Å². The number of carbonyl (C=O) groups is 1. The molecule has 2 rings (SSSR count). The minimum atomic E-state index is -0.435. The number of halogens is 2. The molecule has 7 heteroatoms. The summed E-state index contributed by atoms with van der Waals surface area (Å²) in [6.07, 6.45) is 1.46. The molecule has 106 valence electrons. The molecule has 0 fully saturated rings. The van der Waals surface area contributed by atoms with Crippen LogP contribution in [0.1, 0.15) is 10.5 Å². The molecule has 0 aliphatic carbocycles. The van der Waals surface area contributed by atoms with Crippen LogP contribution in [0.25, 0.3) is 0 Å². The molecule has 0 atom stereocenters. The Kier molecular flexibility index (Phi) is 5.03. The molecule has 0 unspecified atom stereocenters. The predicted octanol–water partition coefficient (Wildman–Crippen LogP) is 3.16. The maximum atomic E-state index is 11.6. The highest BCUT2D eigenvalue weighted by Crippen LogP contribution is 2.16. The van der Waals surface area contributed by atoms with E-state index in [1.807, 2.05) is 0 Å². The SMILES string of the molecule is COC(=O)c1cnc(Br)n1CCOc1ccc(Cl)cc1. The molecule has 2 aromatic rings. The van der Waals surface area contributed by atoms with Crippen LogP contribution in [0.2, 0.25) is 5.02 Å². The van der Waals surface area contributed by atoms with E-state index in [0.717, 1.165) is 0 Å². The van der Waals surface area contributed by atoms with Crippen molar-refractivity contribution in [3.8, 4) is 5.75 Å². The molecule has 0 aliphatic rings. The maximum Gasteiger partial charge on any atom is 0.356 e. The Morgan fingerprint density at radius 1 is 1.40 bits per heavy atom. The highest BCUT2D eigenvalue weighted by molar-refractivity contribution is 9.10. The maximum absolute atomic E-state index is 11.6. The highest BCUT2D eigenvalue weighted by atomic mass is 79.9. The molecule has 1 aromatic heterocycles. The minimum Gasteiger partial charge on any atom is -0.492 e. The zero-order chi connectivity index (χ0) is 14.5. The number of nitrogens with zero attached hydrogens (tertiary/aromatic N) is 2. The summed E-state index contributed by atoms with van der Waals surface area (Å²) in [6.45, 7) is 0.855. The fourth-order valence-corrected chi connectivity index (χ4v) is 2.22. The van der Waals surface area contributed by atoms with Crippen molar-refractivity contribution in [2.45, 2.75) is 6.54 Å². The number of rotatable bonds is 5.